The molecule has 0 saturated heterocycles. The minimum absolute atomic E-state index is 0.209. The molecule has 3 rings (SSSR count). The molecule has 1 aliphatic heterocycles. The Hall–Kier alpha value is -0.970. The van der Waals surface area contributed by atoms with Crippen molar-refractivity contribution >= 4 is 25.7 Å². The van der Waals surface area contributed by atoms with E-state index in [9.17, 15) is 9.47 Å². The van der Waals surface area contributed by atoms with E-state index in [0.29, 0.717) is 24.0 Å². The van der Waals surface area contributed by atoms with Gasteiger partial charge in [-0.15, -0.1) is 0 Å². The van der Waals surface area contributed by atoms with Gasteiger partial charge in [0.2, 0.25) is 0 Å². The lowest BCUT2D eigenvalue weighted by Crippen LogP contribution is -2.56. The van der Waals surface area contributed by atoms with Crippen LogP contribution in [0.15, 0.2) is 21.1 Å². The van der Waals surface area contributed by atoms with Gasteiger partial charge in [-0.2, -0.15) is 5.26 Å². The topological polar surface area (TPSA) is 92.1 Å². The van der Waals surface area contributed by atoms with Crippen molar-refractivity contribution in [3.05, 3.63) is 28.0 Å². The number of halogens is 1. The van der Waals surface area contributed by atoms with Crippen molar-refractivity contribution in [1.29, 1.82) is 5.26 Å². The SMILES string of the molecule is C[C@@]1(C#N)CCCN=S1(=O)C[C@@]1(N)Cc2ccc(Br)nc21. The summed E-state index contributed by atoms with van der Waals surface area (Å²) in [5.74, 6) is 0.209. The fraction of sp³-hybridized carbons (Fsp3) is 0.571. The molecule has 3 atom stereocenters. The zero-order valence-electron chi connectivity index (χ0n) is 11.8. The summed E-state index contributed by atoms with van der Waals surface area (Å²) in [6, 6.07) is 6.08. The lowest BCUT2D eigenvalue weighted by molar-refractivity contribution is 0.408. The molecule has 0 radical (unpaired) electrons. The van der Waals surface area contributed by atoms with Crippen LogP contribution in [0.25, 0.3) is 0 Å². The second-order valence-corrected chi connectivity index (χ2v) is 9.60. The van der Waals surface area contributed by atoms with Gasteiger partial charge in [0.25, 0.3) is 0 Å². The van der Waals surface area contributed by atoms with E-state index in [1.165, 1.54) is 0 Å². The van der Waals surface area contributed by atoms with Gasteiger partial charge < -0.3 is 5.73 Å². The summed E-state index contributed by atoms with van der Waals surface area (Å²) in [7, 11) is -2.67. The fourth-order valence-electron chi connectivity index (χ4n) is 3.09. The molecule has 2 aliphatic rings. The van der Waals surface area contributed by atoms with Crippen LogP contribution >= 0.6 is 15.9 Å². The average molecular weight is 369 g/mol. The van der Waals surface area contributed by atoms with Gasteiger partial charge in [-0.05, 0) is 53.7 Å². The van der Waals surface area contributed by atoms with Crippen molar-refractivity contribution < 1.29 is 4.21 Å². The van der Waals surface area contributed by atoms with E-state index in [1.807, 2.05) is 12.1 Å². The van der Waals surface area contributed by atoms with E-state index in [-0.39, 0.29) is 5.75 Å². The van der Waals surface area contributed by atoms with E-state index in [0.717, 1.165) is 17.7 Å². The van der Waals surface area contributed by atoms with Gasteiger partial charge in [0.05, 0.1) is 32.8 Å². The van der Waals surface area contributed by atoms with Crippen LogP contribution in [0.1, 0.15) is 31.0 Å². The normalized spacial score (nSPS) is 37.8. The van der Waals surface area contributed by atoms with Crippen molar-refractivity contribution in [2.24, 2.45) is 10.1 Å². The second kappa shape index (κ2) is 4.77. The highest BCUT2D eigenvalue weighted by Crippen LogP contribution is 2.41. The van der Waals surface area contributed by atoms with Gasteiger partial charge in [0, 0.05) is 6.54 Å². The Bertz CT molecular complexity index is 765. The summed E-state index contributed by atoms with van der Waals surface area (Å²) < 4.78 is 17.4. The lowest BCUT2D eigenvalue weighted by atomic mass is 9.76. The molecule has 2 N–H and O–H groups in total. The maximum atomic E-state index is 13.3. The Morgan fingerprint density at radius 3 is 3.05 bits per heavy atom. The number of nitriles is 1. The summed E-state index contributed by atoms with van der Waals surface area (Å²) in [5, 5.41) is 9.46. The predicted molar refractivity (Wildman–Crippen MR) is 85.1 cm³/mol. The van der Waals surface area contributed by atoms with Crippen molar-refractivity contribution in [2.75, 3.05) is 12.3 Å². The largest absolute Gasteiger partial charge is 0.319 e. The van der Waals surface area contributed by atoms with Crippen LogP contribution in [0.3, 0.4) is 0 Å². The molecule has 1 unspecified atom stereocenters. The molecule has 0 aromatic carbocycles. The molecule has 0 bridgehead atoms. The molecule has 1 aromatic rings. The summed E-state index contributed by atoms with van der Waals surface area (Å²) in [6.45, 7) is 2.29. The number of hydrogen-bond acceptors (Lipinski definition) is 5. The van der Waals surface area contributed by atoms with Gasteiger partial charge in [-0.3, -0.25) is 0 Å². The average Bonchev–Trinajstić information content (AvgIpc) is 2.44. The van der Waals surface area contributed by atoms with Gasteiger partial charge in [-0.1, -0.05) is 6.07 Å². The molecule has 1 aromatic heterocycles. The minimum atomic E-state index is -2.67. The highest BCUT2D eigenvalue weighted by Gasteiger charge is 2.49. The molecule has 2 heterocycles. The zero-order valence-corrected chi connectivity index (χ0v) is 14.2. The van der Waals surface area contributed by atoms with Crippen LogP contribution in [-0.2, 0) is 21.7 Å². The van der Waals surface area contributed by atoms with Crippen LogP contribution in [-0.4, -0.2) is 26.2 Å². The molecule has 21 heavy (non-hydrogen) atoms. The maximum absolute atomic E-state index is 13.3. The van der Waals surface area contributed by atoms with Gasteiger partial charge in [-0.25, -0.2) is 13.6 Å². The Morgan fingerprint density at radius 2 is 2.33 bits per heavy atom. The van der Waals surface area contributed by atoms with E-state index >= 15 is 0 Å². The van der Waals surface area contributed by atoms with Crippen molar-refractivity contribution in [3.63, 3.8) is 0 Å². The number of fused-ring (bicyclic) bond motifs is 1. The molecule has 0 amide bonds. The molecule has 112 valence electrons. The first kappa shape index (κ1) is 14.9. The Morgan fingerprint density at radius 1 is 1.57 bits per heavy atom. The summed E-state index contributed by atoms with van der Waals surface area (Å²) >= 11 is 3.34. The van der Waals surface area contributed by atoms with E-state index < -0.39 is 20.0 Å². The van der Waals surface area contributed by atoms with Gasteiger partial charge in [0.15, 0.2) is 0 Å². The van der Waals surface area contributed by atoms with E-state index in [2.05, 4.69) is 31.3 Å². The molecule has 0 saturated carbocycles. The molecular formula is C14H17BrN4OS. The highest BCUT2D eigenvalue weighted by atomic mass is 79.9. The molecule has 0 spiro atoms. The first-order valence-corrected chi connectivity index (χ1v) is 9.36. The number of rotatable bonds is 2. The molecule has 7 heteroatoms. The Labute approximate surface area is 133 Å². The summed E-state index contributed by atoms with van der Waals surface area (Å²) in [4.78, 5) is 4.42. The van der Waals surface area contributed by atoms with Crippen LogP contribution in [0.5, 0.6) is 0 Å². The monoisotopic (exact) mass is 368 g/mol. The lowest BCUT2D eigenvalue weighted by Gasteiger charge is -2.42. The van der Waals surface area contributed by atoms with E-state index in [1.54, 1.807) is 6.92 Å². The molecule has 0 fully saturated rings. The third-order valence-electron chi connectivity index (χ3n) is 4.43. The first-order chi connectivity index (χ1) is 9.82. The minimum Gasteiger partial charge on any atom is -0.319 e. The van der Waals surface area contributed by atoms with Crippen molar-refractivity contribution in [2.45, 2.75) is 36.5 Å². The van der Waals surface area contributed by atoms with Crippen LogP contribution in [0, 0.1) is 11.3 Å². The van der Waals surface area contributed by atoms with Crippen molar-refractivity contribution in [3.8, 4) is 6.07 Å². The Balaban J connectivity index is 2.00. The highest BCUT2D eigenvalue weighted by molar-refractivity contribution is 9.10. The molecular weight excluding hydrogens is 352 g/mol. The predicted octanol–water partition coefficient (Wildman–Crippen LogP) is 2.10. The van der Waals surface area contributed by atoms with Gasteiger partial charge in [0.1, 0.15) is 9.35 Å². The smallest absolute Gasteiger partial charge is 0.137 e. The third-order valence-corrected chi connectivity index (χ3v) is 8.08. The molecule has 5 nitrogen and oxygen atoms in total. The number of aromatic nitrogens is 1. The van der Waals surface area contributed by atoms with Crippen LogP contribution in [0.2, 0.25) is 0 Å². The standard InChI is InChI=1S/C14H17BrN4OS/c1-13(8-16)5-2-6-18-21(13,20)9-14(17)7-10-3-4-11(15)19-12(10)14/h3-4H,2,5-7,9,17H2,1H3/t13-,14-,21?/m0/s1. The number of nitrogens with zero attached hydrogens (tertiary/aromatic N) is 3. The van der Waals surface area contributed by atoms with Crippen molar-refractivity contribution in [1.82, 2.24) is 4.98 Å². The van der Waals surface area contributed by atoms with E-state index in [4.69, 9.17) is 5.73 Å². The number of nitrogens with two attached hydrogens (primary N) is 1. The Kier molecular flexibility index (Phi) is 3.39. The quantitative estimate of drug-likeness (QED) is 0.808. The van der Waals surface area contributed by atoms with Crippen LogP contribution in [0.4, 0.5) is 0 Å². The summed E-state index contributed by atoms with van der Waals surface area (Å²) in [6.07, 6.45) is 2.05. The third kappa shape index (κ3) is 2.20. The van der Waals surface area contributed by atoms with Crippen LogP contribution < -0.4 is 5.73 Å². The molecule has 1 aliphatic carbocycles. The van der Waals surface area contributed by atoms with Gasteiger partial charge >= 0.3 is 0 Å². The summed E-state index contributed by atoms with van der Waals surface area (Å²) in [5.41, 5.74) is 7.56. The zero-order chi connectivity index (χ0) is 15.3. The fourth-order valence-corrected chi connectivity index (χ4v) is 6.06. The number of pyridine rings is 1. The number of hydrogen-bond donors (Lipinski definition) is 1. The second-order valence-electron chi connectivity index (χ2n) is 6.06. The maximum Gasteiger partial charge on any atom is 0.137 e. The first-order valence-electron chi connectivity index (χ1n) is 6.88.